The Labute approximate surface area is 147 Å². The second-order valence-electron chi connectivity index (χ2n) is 5.70. The molecule has 0 bridgehead atoms. The van der Waals surface area contributed by atoms with E-state index in [1.165, 1.54) is 7.11 Å². The van der Waals surface area contributed by atoms with E-state index < -0.39 is 0 Å². The van der Waals surface area contributed by atoms with E-state index in [2.05, 4.69) is 10.1 Å². The lowest BCUT2D eigenvalue weighted by Gasteiger charge is -2.10. The first-order valence-electron chi connectivity index (χ1n) is 8.08. The predicted molar refractivity (Wildman–Crippen MR) is 95.6 cm³/mol. The lowest BCUT2D eigenvalue weighted by Crippen LogP contribution is -2.13. The van der Waals surface area contributed by atoms with Gasteiger partial charge in [-0.05, 0) is 31.0 Å². The summed E-state index contributed by atoms with van der Waals surface area (Å²) in [6, 6.07) is 14.3. The molecule has 2 aromatic carbocycles. The van der Waals surface area contributed by atoms with Crippen molar-refractivity contribution in [3.05, 3.63) is 65.2 Å². The molecule has 0 aromatic heterocycles. The first-order chi connectivity index (χ1) is 12.0. The SMILES string of the molecule is COC(=O)CCCC(=O)Nc1ccc(C)c(C(=O)c2ccccc2)c1. The van der Waals surface area contributed by atoms with Gasteiger partial charge in [0, 0.05) is 29.7 Å². The van der Waals surface area contributed by atoms with Crippen LogP contribution >= 0.6 is 0 Å². The molecule has 25 heavy (non-hydrogen) atoms. The Morgan fingerprint density at radius 1 is 1.00 bits per heavy atom. The lowest BCUT2D eigenvalue weighted by atomic mass is 9.98. The fourth-order valence-electron chi connectivity index (χ4n) is 2.41. The minimum Gasteiger partial charge on any atom is -0.469 e. The van der Waals surface area contributed by atoms with Crippen LogP contribution < -0.4 is 5.32 Å². The van der Waals surface area contributed by atoms with E-state index in [1.54, 1.807) is 30.3 Å². The molecule has 2 rings (SSSR count). The predicted octanol–water partition coefficient (Wildman–Crippen LogP) is 3.51. The highest BCUT2D eigenvalue weighted by molar-refractivity contribution is 6.10. The first kappa shape index (κ1) is 18.4. The number of rotatable bonds is 7. The molecule has 0 heterocycles. The van der Waals surface area contributed by atoms with E-state index in [0.29, 0.717) is 23.2 Å². The standard InChI is InChI=1S/C20H21NO4/c1-14-11-12-16(21-18(22)9-6-10-19(23)25-2)13-17(14)20(24)15-7-4-3-5-8-15/h3-5,7-8,11-13H,6,9-10H2,1-2H3,(H,21,22). The summed E-state index contributed by atoms with van der Waals surface area (Å²) in [5, 5.41) is 2.76. The van der Waals surface area contributed by atoms with Crippen LogP contribution in [0.2, 0.25) is 0 Å². The van der Waals surface area contributed by atoms with Gasteiger partial charge in [-0.1, -0.05) is 36.4 Å². The van der Waals surface area contributed by atoms with Crippen LogP contribution in [0, 0.1) is 6.92 Å². The number of hydrogen-bond donors (Lipinski definition) is 1. The van der Waals surface area contributed by atoms with Gasteiger partial charge >= 0.3 is 5.97 Å². The fourth-order valence-corrected chi connectivity index (χ4v) is 2.41. The number of aryl methyl sites for hydroxylation is 1. The summed E-state index contributed by atoms with van der Waals surface area (Å²) in [6.45, 7) is 1.86. The average Bonchev–Trinajstić information content (AvgIpc) is 2.63. The number of ketones is 1. The molecule has 0 fully saturated rings. The second kappa shape index (κ2) is 8.78. The minimum atomic E-state index is -0.334. The summed E-state index contributed by atoms with van der Waals surface area (Å²) in [5.74, 6) is -0.621. The van der Waals surface area contributed by atoms with E-state index in [4.69, 9.17) is 0 Å². The molecule has 0 atom stereocenters. The van der Waals surface area contributed by atoms with Gasteiger partial charge in [0.15, 0.2) is 5.78 Å². The molecule has 0 spiro atoms. The van der Waals surface area contributed by atoms with Crippen molar-refractivity contribution >= 4 is 23.3 Å². The molecule has 130 valence electrons. The number of anilines is 1. The molecular formula is C20H21NO4. The van der Waals surface area contributed by atoms with E-state index in [0.717, 1.165) is 5.56 Å². The van der Waals surface area contributed by atoms with Crippen molar-refractivity contribution in [1.82, 2.24) is 0 Å². The normalized spacial score (nSPS) is 10.2. The molecule has 5 nitrogen and oxygen atoms in total. The number of ether oxygens (including phenoxy) is 1. The van der Waals surface area contributed by atoms with Crippen LogP contribution in [0.1, 0.15) is 40.7 Å². The summed E-state index contributed by atoms with van der Waals surface area (Å²) in [4.78, 5) is 35.6. The van der Waals surface area contributed by atoms with Crippen LogP contribution in [-0.2, 0) is 14.3 Å². The average molecular weight is 339 g/mol. The van der Waals surface area contributed by atoms with Gasteiger partial charge in [0.2, 0.25) is 5.91 Å². The Morgan fingerprint density at radius 2 is 1.72 bits per heavy atom. The summed E-state index contributed by atoms with van der Waals surface area (Å²) in [6.07, 6.45) is 0.834. The second-order valence-corrected chi connectivity index (χ2v) is 5.70. The molecule has 0 saturated heterocycles. The molecule has 0 aliphatic rings. The van der Waals surface area contributed by atoms with Crippen molar-refractivity contribution < 1.29 is 19.1 Å². The number of methoxy groups -OCH3 is 1. The third-order valence-electron chi connectivity index (χ3n) is 3.81. The van der Waals surface area contributed by atoms with Crippen LogP contribution in [0.3, 0.4) is 0 Å². The van der Waals surface area contributed by atoms with Crippen molar-refractivity contribution in [2.75, 3.05) is 12.4 Å². The Kier molecular flexibility index (Phi) is 6.46. The molecular weight excluding hydrogens is 318 g/mol. The van der Waals surface area contributed by atoms with Crippen molar-refractivity contribution in [3.8, 4) is 0 Å². The summed E-state index contributed by atoms with van der Waals surface area (Å²) in [5.41, 5.74) is 2.57. The zero-order chi connectivity index (χ0) is 18.2. The molecule has 1 amide bonds. The lowest BCUT2D eigenvalue weighted by molar-refractivity contribution is -0.140. The molecule has 5 heteroatoms. The third kappa shape index (κ3) is 5.28. The quantitative estimate of drug-likeness (QED) is 0.619. The first-order valence-corrected chi connectivity index (χ1v) is 8.08. The van der Waals surface area contributed by atoms with Gasteiger partial charge in [-0.15, -0.1) is 0 Å². The van der Waals surface area contributed by atoms with E-state index in [1.807, 2.05) is 25.1 Å². The van der Waals surface area contributed by atoms with Crippen molar-refractivity contribution in [1.29, 1.82) is 0 Å². The van der Waals surface area contributed by atoms with E-state index in [-0.39, 0.29) is 30.5 Å². The molecule has 0 radical (unpaired) electrons. The van der Waals surface area contributed by atoms with Gasteiger partial charge < -0.3 is 10.1 Å². The highest BCUT2D eigenvalue weighted by atomic mass is 16.5. The number of carbonyl (C=O) groups is 3. The van der Waals surface area contributed by atoms with Gasteiger partial charge in [-0.2, -0.15) is 0 Å². The van der Waals surface area contributed by atoms with Crippen molar-refractivity contribution in [2.24, 2.45) is 0 Å². The van der Waals surface area contributed by atoms with E-state index in [9.17, 15) is 14.4 Å². The topological polar surface area (TPSA) is 72.5 Å². The van der Waals surface area contributed by atoms with Gasteiger partial charge in [-0.25, -0.2) is 0 Å². The molecule has 0 aliphatic heterocycles. The molecule has 2 aromatic rings. The maximum atomic E-state index is 12.6. The Hall–Kier alpha value is -2.95. The molecule has 0 saturated carbocycles. The summed E-state index contributed by atoms with van der Waals surface area (Å²) >= 11 is 0. The minimum absolute atomic E-state index is 0.0834. The Balaban J connectivity index is 2.05. The van der Waals surface area contributed by atoms with Crippen LogP contribution in [-0.4, -0.2) is 24.8 Å². The van der Waals surface area contributed by atoms with Gasteiger partial charge in [0.25, 0.3) is 0 Å². The number of carbonyl (C=O) groups excluding carboxylic acids is 3. The van der Waals surface area contributed by atoms with Gasteiger partial charge in [0.1, 0.15) is 0 Å². The summed E-state index contributed by atoms with van der Waals surface area (Å²) in [7, 11) is 1.32. The zero-order valence-electron chi connectivity index (χ0n) is 14.4. The third-order valence-corrected chi connectivity index (χ3v) is 3.81. The highest BCUT2D eigenvalue weighted by Crippen LogP contribution is 2.19. The summed E-state index contributed by atoms with van der Waals surface area (Å²) < 4.78 is 4.54. The number of benzene rings is 2. The number of amides is 1. The number of hydrogen-bond acceptors (Lipinski definition) is 4. The smallest absolute Gasteiger partial charge is 0.305 e. The van der Waals surface area contributed by atoms with Crippen molar-refractivity contribution in [2.45, 2.75) is 26.2 Å². The maximum Gasteiger partial charge on any atom is 0.305 e. The Bertz CT molecular complexity index is 769. The van der Waals surface area contributed by atoms with Crippen molar-refractivity contribution in [3.63, 3.8) is 0 Å². The Morgan fingerprint density at radius 3 is 2.40 bits per heavy atom. The largest absolute Gasteiger partial charge is 0.469 e. The van der Waals surface area contributed by atoms with Crippen LogP contribution in [0.15, 0.2) is 48.5 Å². The van der Waals surface area contributed by atoms with Crippen LogP contribution in [0.5, 0.6) is 0 Å². The van der Waals surface area contributed by atoms with Gasteiger partial charge in [0.05, 0.1) is 7.11 Å². The van der Waals surface area contributed by atoms with Gasteiger partial charge in [-0.3, -0.25) is 14.4 Å². The highest BCUT2D eigenvalue weighted by Gasteiger charge is 2.13. The number of esters is 1. The molecule has 0 aliphatic carbocycles. The maximum absolute atomic E-state index is 12.6. The number of nitrogens with one attached hydrogen (secondary N) is 1. The van der Waals surface area contributed by atoms with Crippen LogP contribution in [0.25, 0.3) is 0 Å². The molecule has 1 N–H and O–H groups in total. The van der Waals surface area contributed by atoms with E-state index >= 15 is 0 Å². The fraction of sp³-hybridized carbons (Fsp3) is 0.250. The zero-order valence-corrected chi connectivity index (χ0v) is 14.4. The van der Waals surface area contributed by atoms with Crippen LogP contribution in [0.4, 0.5) is 5.69 Å². The molecule has 0 unspecified atom stereocenters. The monoisotopic (exact) mass is 339 g/mol.